The van der Waals surface area contributed by atoms with Crippen molar-refractivity contribution in [1.82, 2.24) is 0 Å². The molecule has 0 heterocycles. The van der Waals surface area contributed by atoms with Crippen molar-refractivity contribution < 1.29 is 18.5 Å². The van der Waals surface area contributed by atoms with Gasteiger partial charge < -0.3 is 0 Å². The standard InChI is InChI=1S/C24H52AsO4P/c1-5-6-7-8-9-10-11-12-13-14-15-23-16-18-24(19-17-23)22-29-30(26,27)28-21-20-25(2,3)4/h23-25H,5-22H2,1-4H3,(H,26,27). The van der Waals surface area contributed by atoms with Gasteiger partial charge in [0.05, 0.1) is 0 Å². The van der Waals surface area contributed by atoms with E-state index in [9.17, 15) is 9.46 Å². The maximum absolute atomic E-state index is 12.1. The summed E-state index contributed by atoms with van der Waals surface area (Å²) < 4.78 is 22.5. The third-order valence-corrected chi connectivity index (χ3v) is 11.1. The molecule has 1 rings (SSSR count). The topological polar surface area (TPSA) is 55.8 Å². The Kier molecular flexibility index (Phi) is 15.6. The van der Waals surface area contributed by atoms with Crippen molar-refractivity contribution in [2.24, 2.45) is 11.8 Å². The summed E-state index contributed by atoms with van der Waals surface area (Å²) in [7, 11) is -3.87. The average Bonchev–Trinajstić information content (AvgIpc) is 2.67. The summed E-state index contributed by atoms with van der Waals surface area (Å²) in [6, 6.07) is 0. The van der Waals surface area contributed by atoms with E-state index in [2.05, 4.69) is 24.1 Å². The zero-order valence-corrected chi connectivity index (χ0v) is 23.5. The molecule has 0 aromatic rings. The van der Waals surface area contributed by atoms with Crippen LogP contribution < -0.4 is 0 Å². The average molecular weight is 511 g/mol. The number of rotatable bonds is 18. The Bertz CT molecular complexity index is 459. The Morgan fingerprint density at radius 3 is 1.83 bits per heavy atom. The first-order chi connectivity index (χ1) is 14.2. The molecule has 1 aliphatic rings. The molecular formula is C24H52AsO4P. The SMILES string of the molecule is CCCCCCCCCCCCC1CCC(COP(=O)(O)OCC[AsH](C)(C)C)CC1. The third-order valence-electron chi connectivity index (χ3n) is 6.51. The van der Waals surface area contributed by atoms with Crippen LogP contribution in [0, 0.1) is 11.8 Å². The number of hydrogen-bond donors (Lipinski definition) is 1. The van der Waals surface area contributed by atoms with Crippen LogP contribution in [0.25, 0.3) is 0 Å². The van der Waals surface area contributed by atoms with Crippen LogP contribution in [0.4, 0.5) is 0 Å². The van der Waals surface area contributed by atoms with Crippen molar-refractivity contribution in [1.29, 1.82) is 0 Å². The number of hydrogen-bond acceptors (Lipinski definition) is 3. The van der Waals surface area contributed by atoms with Crippen LogP contribution in [0.2, 0.25) is 22.3 Å². The van der Waals surface area contributed by atoms with Gasteiger partial charge in [-0.15, -0.1) is 0 Å². The van der Waals surface area contributed by atoms with Crippen LogP contribution in [0.15, 0.2) is 0 Å². The summed E-state index contributed by atoms with van der Waals surface area (Å²) in [5, 5.41) is 0.929. The summed E-state index contributed by atoms with van der Waals surface area (Å²) in [5.41, 5.74) is 6.84. The molecule has 1 atom stereocenters. The Morgan fingerprint density at radius 1 is 0.800 bits per heavy atom. The van der Waals surface area contributed by atoms with E-state index >= 15 is 0 Å². The van der Waals surface area contributed by atoms with Gasteiger partial charge in [-0.3, -0.25) is 0 Å². The molecule has 0 spiro atoms. The quantitative estimate of drug-likeness (QED) is 0.114. The number of phosphoric acid groups is 1. The molecule has 0 aliphatic heterocycles. The van der Waals surface area contributed by atoms with Gasteiger partial charge in [0.2, 0.25) is 0 Å². The second-order valence-corrected chi connectivity index (χ2v) is 24.0. The number of unbranched alkanes of at least 4 members (excludes halogenated alkanes) is 9. The van der Waals surface area contributed by atoms with Crippen LogP contribution in [0.1, 0.15) is 103 Å². The minimum absolute atomic E-state index is 0.350. The van der Waals surface area contributed by atoms with E-state index in [0.717, 1.165) is 24.0 Å². The van der Waals surface area contributed by atoms with Crippen molar-refractivity contribution in [3.8, 4) is 0 Å². The second-order valence-electron chi connectivity index (χ2n) is 10.8. The summed E-state index contributed by atoms with van der Waals surface area (Å²) in [4.78, 5) is 9.88. The van der Waals surface area contributed by atoms with E-state index < -0.39 is 21.4 Å². The zero-order chi connectivity index (χ0) is 22.3. The van der Waals surface area contributed by atoms with E-state index in [-0.39, 0.29) is 0 Å². The van der Waals surface area contributed by atoms with Gasteiger partial charge in [0.15, 0.2) is 0 Å². The molecule has 1 unspecified atom stereocenters. The van der Waals surface area contributed by atoms with Crippen LogP contribution in [-0.4, -0.2) is 31.7 Å². The van der Waals surface area contributed by atoms with Gasteiger partial charge in [-0.2, -0.15) is 0 Å². The normalized spacial score (nSPS) is 22.7. The van der Waals surface area contributed by atoms with Crippen molar-refractivity contribution >= 4 is 21.4 Å². The van der Waals surface area contributed by atoms with Gasteiger partial charge in [0, 0.05) is 0 Å². The van der Waals surface area contributed by atoms with Gasteiger partial charge in [0.1, 0.15) is 0 Å². The maximum atomic E-state index is 12.1. The van der Waals surface area contributed by atoms with E-state index in [4.69, 9.17) is 9.05 Å². The molecule has 0 amide bonds. The predicted molar refractivity (Wildman–Crippen MR) is 133 cm³/mol. The fourth-order valence-electron chi connectivity index (χ4n) is 4.31. The monoisotopic (exact) mass is 510 g/mol. The van der Waals surface area contributed by atoms with Gasteiger partial charge >= 0.3 is 126 Å². The van der Waals surface area contributed by atoms with E-state index in [0.29, 0.717) is 19.1 Å². The Balaban J connectivity index is 1.99. The van der Waals surface area contributed by atoms with Crippen molar-refractivity contribution in [3.63, 3.8) is 0 Å². The fraction of sp³-hybridized carbons (Fsp3) is 1.00. The summed E-state index contributed by atoms with van der Waals surface area (Å²) >= 11 is -1.73. The number of phosphoric ester groups is 1. The molecule has 0 radical (unpaired) electrons. The molecule has 0 saturated heterocycles. The molecule has 0 aromatic carbocycles. The first kappa shape index (κ1) is 28.7. The van der Waals surface area contributed by atoms with Crippen LogP contribution >= 0.6 is 7.82 Å². The van der Waals surface area contributed by atoms with Gasteiger partial charge in [-0.05, 0) is 0 Å². The fourth-order valence-corrected chi connectivity index (χ4v) is 6.97. The first-order valence-electron chi connectivity index (χ1n) is 12.8. The minimum atomic E-state index is -3.87. The van der Waals surface area contributed by atoms with E-state index in [1.807, 2.05) is 0 Å². The van der Waals surface area contributed by atoms with Crippen molar-refractivity contribution in [2.45, 2.75) is 126 Å². The molecule has 1 saturated carbocycles. The first-order valence-corrected chi connectivity index (χ1v) is 22.1. The second kappa shape index (κ2) is 16.3. The molecule has 4 nitrogen and oxygen atoms in total. The van der Waals surface area contributed by atoms with E-state index in [1.54, 1.807) is 0 Å². The predicted octanol–water partition coefficient (Wildman–Crippen LogP) is 8.31. The van der Waals surface area contributed by atoms with Crippen LogP contribution in [0.5, 0.6) is 0 Å². The van der Waals surface area contributed by atoms with Gasteiger partial charge in [-0.25, -0.2) is 0 Å². The van der Waals surface area contributed by atoms with Gasteiger partial charge in [-0.1, -0.05) is 64.7 Å². The molecule has 1 fully saturated rings. The Labute approximate surface area is 190 Å². The van der Waals surface area contributed by atoms with Crippen LogP contribution in [0.3, 0.4) is 0 Å². The Hall–Kier alpha value is 0.668. The molecule has 6 heteroatoms. The van der Waals surface area contributed by atoms with Crippen molar-refractivity contribution in [2.75, 3.05) is 13.2 Å². The van der Waals surface area contributed by atoms with Gasteiger partial charge in [0.25, 0.3) is 0 Å². The van der Waals surface area contributed by atoms with Crippen LogP contribution in [-0.2, 0) is 13.6 Å². The third kappa shape index (κ3) is 16.3. The molecule has 1 aliphatic carbocycles. The summed E-state index contributed by atoms with van der Waals surface area (Å²) in [5.74, 6) is 1.27. The molecule has 1 N–H and O–H groups in total. The molecule has 182 valence electrons. The zero-order valence-electron chi connectivity index (χ0n) is 20.5. The molecular weight excluding hydrogens is 458 g/mol. The summed E-state index contributed by atoms with van der Waals surface area (Å²) in [6.45, 7) is 3.00. The molecule has 0 aromatic heterocycles. The molecule has 0 bridgehead atoms. The Morgan fingerprint density at radius 2 is 1.30 bits per heavy atom. The molecule has 30 heavy (non-hydrogen) atoms. The van der Waals surface area contributed by atoms with E-state index in [1.165, 1.54) is 83.5 Å². The van der Waals surface area contributed by atoms with Crippen molar-refractivity contribution in [3.05, 3.63) is 0 Å². The summed E-state index contributed by atoms with van der Waals surface area (Å²) in [6.07, 6.45) is 20.1.